The number of rotatable bonds is 0. The third-order valence-corrected chi connectivity index (χ3v) is 2.91. The van der Waals surface area contributed by atoms with Crippen molar-refractivity contribution >= 4 is 37.5 Å². The van der Waals surface area contributed by atoms with E-state index in [0.29, 0.717) is 4.47 Å². The van der Waals surface area contributed by atoms with Crippen molar-refractivity contribution in [1.29, 1.82) is 0 Å². The first kappa shape index (κ1) is 7.06. The summed E-state index contributed by atoms with van der Waals surface area (Å²) < 4.78 is 1.55. The molecule has 0 aliphatic heterocycles. The van der Waals surface area contributed by atoms with Gasteiger partial charge in [0, 0.05) is 0 Å². The quantitative estimate of drug-likeness (QED) is 0.754. The third-order valence-electron chi connectivity index (χ3n) is 1.42. The Morgan fingerprint density at radius 2 is 2.27 bits per heavy atom. The van der Waals surface area contributed by atoms with Crippen LogP contribution in [0.2, 0.25) is 0 Å². The van der Waals surface area contributed by atoms with Crippen molar-refractivity contribution in [3.05, 3.63) is 22.1 Å². The van der Waals surface area contributed by atoms with Gasteiger partial charge in [0.15, 0.2) is 0 Å². The first-order valence-corrected chi connectivity index (χ1v) is 4.67. The molecule has 2 rings (SSSR count). The molecule has 2 aromatic rings. The van der Waals surface area contributed by atoms with E-state index in [2.05, 4.69) is 20.9 Å². The minimum absolute atomic E-state index is 0.282. The van der Waals surface area contributed by atoms with Gasteiger partial charge in [0.05, 0.1) is 20.2 Å². The van der Waals surface area contributed by atoms with Crippen molar-refractivity contribution in [2.24, 2.45) is 0 Å². The molecule has 2 nitrogen and oxygen atoms in total. The van der Waals surface area contributed by atoms with Crippen LogP contribution in [0.25, 0.3) is 10.2 Å². The van der Waals surface area contributed by atoms with E-state index in [0.717, 1.165) is 10.2 Å². The Morgan fingerprint density at radius 3 is 3.09 bits per heavy atom. The number of benzene rings is 1. The zero-order valence-corrected chi connectivity index (χ0v) is 7.82. The predicted molar refractivity (Wildman–Crippen MR) is 49.0 cm³/mol. The number of aromatic hydroxyl groups is 1. The number of nitrogens with zero attached hydrogens (tertiary/aromatic N) is 1. The Balaban J connectivity index is 2.93. The maximum Gasteiger partial charge on any atom is 0.149 e. The van der Waals surface area contributed by atoms with Crippen LogP contribution in [0.1, 0.15) is 0 Å². The van der Waals surface area contributed by atoms with Crippen LogP contribution in [0, 0.1) is 0 Å². The minimum Gasteiger partial charge on any atom is -0.505 e. The molecule has 4 heteroatoms. The van der Waals surface area contributed by atoms with Crippen molar-refractivity contribution in [3.8, 4) is 5.75 Å². The van der Waals surface area contributed by atoms with Crippen molar-refractivity contribution < 1.29 is 5.11 Å². The van der Waals surface area contributed by atoms with Gasteiger partial charge in [-0.15, -0.1) is 11.3 Å². The van der Waals surface area contributed by atoms with Crippen molar-refractivity contribution in [2.45, 2.75) is 0 Å². The van der Waals surface area contributed by atoms with Crippen LogP contribution in [-0.2, 0) is 0 Å². The molecule has 0 saturated heterocycles. The van der Waals surface area contributed by atoms with E-state index in [4.69, 9.17) is 0 Å². The molecule has 0 aliphatic rings. The molecule has 1 aromatic heterocycles. The second-order valence-corrected chi connectivity index (χ2v) is 3.81. The lowest BCUT2D eigenvalue weighted by atomic mass is 10.3. The number of hydrogen-bond donors (Lipinski definition) is 1. The second kappa shape index (κ2) is 2.46. The van der Waals surface area contributed by atoms with Gasteiger partial charge in [0.1, 0.15) is 5.75 Å². The maximum atomic E-state index is 9.47. The molecule has 0 spiro atoms. The Morgan fingerprint density at radius 1 is 1.45 bits per heavy atom. The average molecular weight is 230 g/mol. The molecule has 0 fully saturated rings. The molecule has 56 valence electrons. The van der Waals surface area contributed by atoms with Crippen LogP contribution in [-0.4, -0.2) is 10.1 Å². The summed E-state index contributed by atoms with van der Waals surface area (Å²) in [4.78, 5) is 4.06. The van der Waals surface area contributed by atoms with Crippen LogP contribution in [0.4, 0.5) is 0 Å². The summed E-state index contributed by atoms with van der Waals surface area (Å²) in [5, 5.41) is 9.47. The summed E-state index contributed by atoms with van der Waals surface area (Å²) in [6.45, 7) is 0. The number of halogens is 1. The van der Waals surface area contributed by atoms with Crippen LogP contribution in [0.5, 0.6) is 5.75 Å². The van der Waals surface area contributed by atoms with Gasteiger partial charge in [-0.05, 0) is 28.1 Å². The van der Waals surface area contributed by atoms with Crippen molar-refractivity contribution in [3.63, 3.8) is 0 Å². The molecule has 0 unspecified atom stereocenters. The molecule has 0 aliphatic carbocycles. The van der Waals surface area contributed by atoms with E-state index < -0.39 is 0 Å². The molecule has 11 heavy (non-hydrogen) atoms. The molecule has 0 atom stereocenters. The summed E-state index contributed by atoms with van der Waals surface area (Å²) in [7, 11) is 0. The van der Waals surface area contributed by atoms with Gasteiger partial charge < -0.3 is 5.11 Å². The Hall–Kier alpha value is -0.610. The molecule has 0 saturated carbocycles. The highest BCUT2D eigenvalue weighted by atomic mass is 79.9. The van der Waals surface area contributed by atoms with Gasteiger partial charge in [-0.3, -0.25) is 0 Å². The van der Waals surface area contributed by atoms with Crippen LogP contribution < -0.4 is 0 Å². The van der Waals surface area contributed by atoms with Crippen molar-refractivity contribution in [2.75, 3.05) is 0 Å². The zero-order valence-electron chi connectivity index (χ0n) is 5.41. The minimum atomic E-state index is 0.282. The summed E-state index contributed by atoms with van der Waals surface area (Å²) in [5.41, 5.74) is 2.56. The topological polar surface area (TPSA) is 33.1 Å². The Labute approximate surface area is 75.6 Å². The van der Waals surface area contributed by atoms with Gasteiger partial charge in [-0.1, -0.05) is 0 Å². The zero-order chi connectivity index (χ0) is 7.84. The molecular formula is C7H4BrNOS. The first-order chi connectivity index (χ1) is 5.29. The van der Waals surface area contributed by atoms with E-state index in [1.54, 1.807) is 11.6 Å². The fourth-order valence-corrected chi connectivity index (χ4v) is 2.09. The summed E-state index contributed by atoms with van der Waals surface area (Å²) >= 11 is 4.67. The SMILES string of the molecule is Oc1c(Br)ccc2ncsc12. The second-order valence-electron chi connectivity index (χ2n) is 2.10. The fourth-order valence-electron chi connectivity index (χ4n) is 0.890. The van der Waals surface area contributed by atoms with E-state index in [1.165, 1.54) is 11.3 Å². The van der Waals surface area contributed by atoms with Crippen LogP contribution in [0.3, 0.4) is 0 Å². The molecule has 0 radical (unpaired) electrons. The summed E-state index contributed by atoms with van der Waals surface area (Å²) in [5.74, 6) is 0.282. The Kier molecular flexibility index (Phi) is 1.58. The molecule has 1 aromatic carbocycles. The normalized spacial score (nSPS) is 10.6. The number of thiazole rings is 1. The number of phenolic OH excluding ortho intramolecular Hbond substituents is 1. The molecule has 0 bridgehead atoms. The van der Waals surface area contributed by atoms with E-state index in [-0.39, 0.29) is 5.75 Å². The predicted octanol–water partition coefficient (Wildman–Crippen LogP) is 2.76. The standard InChI is InChI=1S/C7H4BrNOS/c8-4-1-2-5-7(6(4)10)11-3-9-5/h1-3,10H. The number of phenols is 1. The molecular weight excluding hydrogens is 226 g/mol. The number of fused-ring (bicyclic) bond motifs is 1. The van der Waals surface area contributed by atoms with Gasteiger partial charge >= 0.3 is 0 Å². The van der Waals surface area contributed by atoms with E-state index >= 15 is 0 Å². The highest BCUT2D eigenvalue weighted by Gasteiger charge is 2.04. The van der Waals surface area contributed by atoms with Crippen LogP contribution in [0.15, 0.2) is 22.1 Å². The highest BCUT2D eigenvalue weighted by Crippen LogP contribution is 2.34. The lowest BCUT2D eigenvalue weighted by molar-refractivity contribution is 0.479. The molecule has 0 amide bonds. The highest BCUT2D eigenvalue weighted by molar-refractivity contribution is 9.10. The molecule has 1 heterocycles. The van der Waals surface area contributed by atoms with E-state index in [9.17, 15) is 5.11 Å². The smallest absolute Gasteiger partial charge is 0.149 e. The van der Waals surface area contributed by atoms with Gasteiger partial charge in [-0.25, -0.2) is 4.98 Å². The van der Waals surface area contributed by atoms with Crippen LogP contribution >= 0.6 is 27.3 Å². The fraction of sp³-hybridized carbons (Fsp3) is 0. The summed E-state index contributed by atoms with van der Waals surface area (Å²) in [6, 6.07) is 3.66. The Bertz CT molecular complexity index is 398. The monoisotopic (exact) mass is 229 g/mol. The average Bonchev–Trinajstić information content (AvgIpc) is 2.45. The third kappa shape index (κ3) is 1.02. The van der Waals surface area contributed by atoms with Crippen molar-refractivity contribution in [1.82, 2.24) is 4.98 Å². The van der Waals surface area contributed by atoms with Gasteiger partial charge in [0.25, 0.3) is 0 Å². The lowest BCUT2D eigenvalue weighted by Crippen LogP contribution is -1.69. The number of aromatic nitrogens is 1. The summed E-state index contributed by atoms with van der Waals surface area (Å²) in [6.07, 6.45) is 0. The van der Waals surface area contributed by atoms with E-state index in [1.807, 2.05) is 6.07 Å². The number of hydrogen-bond acceptors (Lipinski definition) is 3. The lowest BCUT2D eigenvalue weighted by Gasteiger charge is -1.95. The van der Waals surface area contributed by atoms with Gasteiger partial charge in [0.2, 0.25) is 0 Å². The van der Waals surface area contributed by atoms with Gasteiger partial charge in [-0.2, -0.15) is 0 Å². The maximum absolute atomic E-state index is 9.47. The molecule has 1 N–H and O–H groups in total. The first-order valence-electron chi connectivity index (χ1n) is 2.99. The largest absolute Gasteiger partial charge is 0.505 e.